The number of rotatable bonds is 7. The second-order valence-electron chi connectivity index (χ2n) is 8.29. The van der Waals surface area contributed by atoms with E-state index < -0.39 is 10.0 Å². The van der Waals surface area contributed by atoms with Crippen LogP contribution in [0.3, 0.4) is 0 Å². The molecule has 1 aliphatic heterocycles. The van der Waals surface area contributed by atoms with E-state index in [9.17, 15) is 13.2 Å². The lowest BCUT2D eigenvalue weighted by molar-refractivity contribution is 0.100. The van der Waals surface area contributed by atoms with Crippen LogP contribution in [-0.4, -0.2) is 32.6 Å². The molecule has 0 radical (unpaired) electrons. The third kappa shape index (κ3) is 4.60. The number of aliphatic imine (C=N–C) groups is 1. The van der Waals surface area contributed by atoms with Crippen LogP contribution in [0, 0.1) is 0 Å². The number of ether oxygens (including phenoxy) is 1. The Labute approximate surface area is 187 Å². The molecule has 166 valence electrons. The second-order valence-corrected chi connectivity index (χ2v) is 9.90. The minimum atomic E-state index is -3.87. The highest BCUT2D eigenvalue weighted by Gasteiger charge is 2.28. The zero-order chi connectivity index (χ0) is 22.9. The molecule has 0 atom stereocenters. The van der Waals surface area contributed by atoms with Crippen molar-refractivity contribution < 1.29 is 22.4 Å². The minimum Gasteiger partial charge on any atom is -0.497 e. The van der Waals surface area contributed by atoms with Gasteiger partial charge in [0.1, 0.15) is 5.75 Å². The van der Waals surface area contributed by atoms with E-state index in [1.807, 2.05) is 32.0 Å². The third-order valence-electron chi connectivity index (χ3n) is 5.21. The predicted octanol–water partition coefficient (Wildman–Crippen LogP) is 4.49. The highest BCUT2D eigenvalue weighted by atomic mass is 32.2. The fourth-order valence-electron chi connectivity index (χ4n) is 3.80. The zero-order valence-electron chi connectivity index (χ0n) is 18.1. The fourth-order valence-corrected chi connectivity index (χ4v) is 4.78. The Kier molecular flexibility index (Phi) is 5.64. The molecular formula is C24H24N2O5S. The van der Waals surface area contributed by atoms with Gasteiger partial charge >= 0.3 is 0 Å². The van der Waals surface area contributed by atoms with Gasteiger partial charge in [0.25, 0.3) is 10.0 Å². The fraction of sp³-hybridized carbons (Fsp3) is 0.250. The first-order valence-electron chi connectivity index (χ1n) is 10.1. The molecular weight excluding hydrogens is 428 g/mol. The van der Waals surface area contributed by atoms with Crippen LogP contribution in [0.5, 0.6) is 5.75 Å². The molecule has 0 fully saturated rings. The molecule has 32 heavy (non-hydrogen) atoms. The summed E-state index contributed by atoms with van der Waals surface area (Å²) in [5, 5.41) is -0.196. The van der Waals surface area contributed by atoms with Crippen LogP contribution in [0.25, 0.3) is 0 Å². The van der Waals surface area contributed by atoms with Gasteiger partial charge in [-0.05, 0) is 62.2 Å². The van der Waals surface area contributed by atoms with Gasteiger partial charge in [-0.2, -0.15) is 8.42 Å². The average molecular weight is 453 g/mol. The molecule has 0 aliphatic carbocycles. The van der Waals surface area contributed by atoms with E-state index in [-0.39, 0.29) is 28.5 Å². The molecule has 1 N–H and O–H groups in total. The number of nitrogens with zero attached hydrogens (tertiary/aromatic N) is 1. The Balaban J connectivity index is 1.59. The molecule has 0 amide bonds. The Morgan fingerprint density at radius 1 is 1.16 bits per heavy atom. The smallest absolute Gasteiger partial charge is 0.295 e. The number of ketones is 1. The number of sulfonamides is 1. The van der Waals surface area contributed by atoms with Crippen LogP contribution in [0.4, 0.5) is 5.69 Å². The summed E-state index contributed by atoms with van der Waals surface area (Å²) in [6, 6.07) is 15.1. The molecule has 3 aromatic rings. The molecule has 1 aliphatic rings. The summed E-state index contributed by atoms with van der Waals surface area (Å²) in [5.41, 5.74) is 3.07. The number of Topliss-reactive ketones (excluding diaryl/α,β-unsaturated/α-hetero) is 1. The molecule has 4 rings (SSSR count). The standard InChI is InChI=1S/C24H24N2O5S/c1-24(2)15-17-9-10-19(30-3)13-20(17)21(25-24)14-22(27)16-6-4-7-18(12-16)26-32(28,29)23-8-5-11-31-23/h4-13,26H,14-15H2,1-3H3. The summed E-state index contributed by atoms with van der Waals surface area (Å²) in [4.78, 5) is 18.0. The van der Waals surface area contributed by atoms with E-state index in [0.717, 1.165) is 17.5 Å². The van der Waals surface area contributed by atoms with E-state index >= 15 is 0 Å². The maximum atomic E-state index is 13.1. The van der Waals surface area contributed by atoms with Crippen molar-refractivity contribution in [2.24, 2.45) is 4.99 Å². The topological polar surface area (TPSA) is 98.0 Å². The van der Waals surface area contributed by atoms with Crippen molar-refractivity contribution in [1.82, 2.24) is 0 Å². The summed E-state index contributed by atoms with van der Waals surface area (Å²) >= 11 is 0. The van der Waals surface area contributed by atoms with Crippen molar-refractivity contribution >= 4 is 27.2 Å². The van der Waals surface area contributed by atoms with Crippen molar-refractivity contribution in [1.29, 1.82) is 0 Å². The van der Waals surface area contributed by atoms with Gasteiger partial charge in [-0.3, -0.25) is 14.5 Å². The Hall–Kier alpha value is -3.39. The van der Waals surface area contributed by atoms with Crippen LogP contribution >= 0.6 is 0 Å². The maximum absolute atomic E-state index is 13.1. The molecule has 2 aromatic carbocycles. The number of methoxy groups -OCH3 is 1. The van der Waals surface area contributed by atoms with Crippen LogP contribution in [0.15, 0.2) is 75.4 Å². The van der Waals surface area contributed by atoms with Crippen molar-refractivity contribution in [3.05, 3.63) is 77.6 Å². The lowest BCUT2D eigenvalue weighted by Crippen LogP contribution is -2.30. The quantitative estimate of drug-likeness (QED) is 0.533. The lowest BCUT2D eigenvalue weighted by Gasteiger charge is -2.29. The number of carbonyl (C=O) groups excluding carboxylic acids is 1. The first-order chi connectivity index (χ1) is 15.2. The number of nitrogens with one attached hydrogen (secondary N) is 1. The number of benzene rings is 2. The van der Waals surface area contributed by atoms with Crippen LogP contribution in [0.2, 0.25) is 0 Å². The highest BCUT2D eigenvalue weighted by Crippen LogP contribution is 2.31. The molecule has 0 bridgehead atoms. The van der Waals surface area contributed by atoms with Crippen LogP contribution < -0.4 is 9.46 Å². The molecule has 1 aromatic heterocycles. The molecule has 0 saturated carbocycles. The van der Waals surface area contributed by atoms with E-state index in [0.29, 0.717) is 17.0 Å². The van der Waals surface area contributed by atoms with Gasteiger partial charge in [0.15, 0.2) is 5.78 Å². The summed E-state index contributed by atoms with van der Waals surface area (Å²) in [6.45, 7) is 4.07. The number of hydrogen-bond donors (Lipinski definition) is 1. The van der Waals surface area contributed by atoms with Crippen molar-refractivity contribution in [2.75, 3.05) is 11.8 Å². The lowest BCUT2D eigenvalue weighted by atomic mass is 9.85. The Bertz CT molecular complexity index is 1290. The van der Waals surface area contributed by atoms with E-state index in [2.05, 4.69) is 4.72 Å². The Morgan fingerprint density at radius 2 is 1.97 bits per heavy atom. The van der Waals surface area contributed by atoms with Crippen molar-refractivity contribution in [3.8, 4) is 5.75 Å². The number of anilines is 1. The van der Waals surface area contributed by atoms with Gasteiger partial charge in [-0.25, -0.2) is 0 Å². The largest absolute Gasteiger partial charge is 0.497 e. The third-order valence-corrected chi connectivity index (χ3v) is 6.48. The SMILES string of the molecule is COc1ccc2c(c1)C(CC(=O)c1cccc(NS(=O)(=O)c3ccco3)c1)=NC(C)(C)C2. The molecule has 2 heterocycles. The second kappa shape index (κ2) is 8.27. The molecule has 8 heteroatoms. The summed E-state index contributed by atoms with van der Waals surface area (Å²) in [6.07, 6.45) is 2.15. The van der Waals surface area contributed by atoms with Gasteiger partial charge in [0.2, 0.25) is 5.09 Å². The number of carbonyl (C=O) groups is 1. The summed E-state index contributed by atoms with van der Waals surface area (Å²) in [7, 11) is -2.27. The summed E-state index contributed by atoms with van der Waals surface area (Å²) < 4.78 is 37.6. The highest BCUT2D eigenvalue weighted by molar-refractivity contribution is 7.92. The van der Waals surface area contributed by atoms with Gasteiger partial charge in [-0.15, -0.1) is 0 Å². The average Bonchev–Trinajstić information content (AvgIpc) is 3.29. The Morgan fingerprint density at radius 3 is 2.69 bits per heavy atom. The van der Waals surface area contributed by atoms with Crippen LogP contribution in [0.1, 0.15) is 41.8 Å². The normalized spacial score (nSPS) is 14.9. The van der Waals surface area contributed by atoms with Crippen molar-refractivity contribution in [3.63, 3.8) is 0 Å². The molecule has 0 saturated heterocycles. The zero-order valence-corrected chi connectivity index (χ0v) is 18.9. The molecule has 0 unspecified atom stereocenters. The van der Waals surface area contributed by atoms with E-state index in [1.165, 1.54) is 24.5 Å². The number of hydrogen-bond acceptors (Lipinski definition) is 6. The monoisotopic (exact) mass is 452 g/mol. The predicted molar refractivity (Wildman–Crippen MR) is 122 cm³/mol. The van der Waals surface area contributed by atoms with E-state index in [1.54, 1.807) is 25.3 Å². The van der Waals surface area contributed by atoms with E-state index in [4.69, 9.17) is 14.1 Å². The van der Waals surface area contributed by atoms with Crippen molar-refractivity contribution in [2.45, 2.75) is 37.3 Å². The molecule has 0 spiro atoms. The van der Waals surface area contributed by atoms with Gasteiger partial charge in [0, 0.05) is 16.8 Å². The first kappa shape index (κ1) is 21.8. The maximum Gasteiger partial charge on any atom is 0.295 e. The summed E-state index contributed by atoms with van der Waals surface area (Å²) in [5.74, 6) is 0.548. The molecule has 7 nitrogen and oxygen atoms in total. The van der Waals surface area contributed by atoms with Gasteiger partial charge in [-0.1, -0.05) is 18.2 Å². The number of furan rings is 1. The first-order valence-corrected chi connectivity index (χ1v) is 11.6. The van der Waals surface area contributed by atoms with Gasteiger partial charge < -0.3 is 9.15 Å². The number of fused-ring (bicyclic) bond motifs is 1. The minimum absolute atomic E-state index is 0.0952. The van der Waals surface area contributed by atoms with Gasteiger partial charge in [0.05, 0.1) is 31.0 Å². The van der Waals surface area contributed by atoms with Crippen LogP contribution in [-0.2, 0) is 16.4 Å².